The van der Waals surface area contributed by atoms with Crippen molar-refractivity contribution in [1.29, 1.82) is 0 Å². The van der Waals surface area contributed by atoms with Gasteiger partial charge in [0.15, 0.2) is 5.76 Å². The number of rotatable bonds is 3. The van der Waals surface area contributed by atoms with Crippen LogP contribution in [0.2, 0.25) is 0 Å². The van der Waals surface area contributed by atoms with Crippen LogP contribution in [0.15, 0.2) is 41.2 Å². The molecule has 0 saturated carbocycles. The van der Waals surface area contributed by atoms with E-state index in [1.807, 2.05) is 26.1 Å². The molecule has 2 aromatic heterocycles. The maximum Gasteiger partial charge on any atom is 0.335 e. The van der Waals surface area contributed by atoms with Gasteiger partial charge in [-0.3, -0.25) is 0 Å². The zero-order chi connectivity index (χ0) is 15.0. The first kappa shape index (κ1) is 13.1. The average molecular weight is 283 g/mol. The highest BCUT2D eigenvalue weighted by atomic mass is 16.5. The summed E-state index contributed by atoms with van der Waals surface area (Å²) in [5.41, 5.74) is 3.43. The summed E-state index contributed by atoms with van der Waals surface area (Å²) in [6.07, 6.45) is 3.51. The summed E-state index contributed by atoms with van der Waals surface area (Å²) in [7, 11) is 0. The van der Waals surface area contributed by atoms with Crippen molar-refractivity contribution in [3.63, 3.8) is 0 Å². The van der Waals surface area contributed by atoms with Crippen molar-refractivity contribution in [3.8, 4) is 16.8 Å². The fraction of sp³-hybridized carbons (Fsp3) is 0.133. The molecule has 0 bridgehead atoms. The first-order valence-corrected chi connectivity index (χ1v) is 6.38. The second-order valence-electron chi connectivity index (χ2n) is 4.73. The van der Waals surface area contributed by atoms with Crippen molar-refractivity contribution in [2.45, 2.75) is 13.8 Å². The third-order valence-corrected chi connectivity index (χ3v) is 3.25. The fourth-order valence-electron chi connectivity index (χ4n) is 2.23. The summed E-state index contributed by atoms with van der Waals surface area (Å²) in [5, 5.41) is 17.2. The zero-order valence-corrected chi connectivity index (χ0v) is 11.6. The summed E-state index contributed by atoms with van der Waals surface area (Å²) in [6.45, 7) is 3.67. The molecule has 0 fully saturated rings. The van der Waals surface area contributed by atoms with Gasteiger partial charge in [0.1, 0.15) is 11.4 Å². The highest BCUT2D eigenvalue weighted by Crippen LogP contribution is 2.23. The number of hydrogen-bond acceptors (Lipinski definition) is 4. The first-order chi connectivity index (χ1) is 10.1. The molecule has 0 spiro atoms. The Balaban J connectivity index is 2.03. The number of aryl methyl sites for hydroxylation is 2. The van der Waals surface area contributed by atoms with Crippen LogP contribution in [0.1, 0.15) is 21.8 Å². The smallest absolute Gasteiger partial charge is 0.335 e. The van der Waals surface area contributed by atoms with Gasteiger partial charge in [-0.1, -0.05) is 17.3 Å². The van der Waals surface area contributed by atoms with Gasteiger partial charge < -0.3 is 9.63 Å². The highest BCUT2D eigenvalue weighted by molar-refractivity contribution is 5.89. The molecule has 106 valence electrons. The Labute approximate surface area is 120 Å². The minimum Gasteiger partial charge on any atom is -0.478 e. The van der Waals surface area contributed by atoms with Crippen molar-refractivity contribution in [2.24, 2.45) is 0 Å². The van der Waals surface area contributed by atoms with Gasteiger partial charge in [0.2, 0.25) is 0 Å². The lowest BCUT2D eigenvalue weighted by molar-refractivity contribution is 0.0697. The molecule has 3 rings (SSSR count). The standard InChI is InChI=1S/C15H13N3O3/c1-9-14(10(2)21-17-9)18-8-13(7-16-18)11-4-3-5-12(6-11)15(19)20/h3-8H,1-2H3,(H,19,20). The molecule has 2 heterocycles. The number of aromatic carboxylic acids is 1. The molecule has 0 amide bonds. The monoisotopic (exact) mass is 283 g/mol. The summed E-state index contributed by atoms with van der Waals surface area (Å²) < 4.78 is 6.81. The van der Waals surface area contributed by atoms with Crippen molar-refractivity contribution in [1.82, 2.24) is 14.9 Å². The molecule has 0 aliphatic heterocycles. The first-order valence-electron chi connectivity index (χ1n) is 6.38. The summed E-state index contributed by atoms with van der Waals surface area (Å²) in [4.78, 5) is 11.0. The largest absolute Gasteiger partial charge is 0.478 e. The van der Waals surface area contributed by atoms with Crippen molar-refractivity contribution in [2.75, 3.05) is 0 Å². The zero-order valence-electron chi connectivity index (χ0n) is 11.6. The molecule has 0 radical (unpaired) electrons. The molecule has 6 heteroatoms. The van der Waals surface area contributed by atoms with Gasteiger partial charge in [-0.15, -0.1) is 0 Å². The third-order valence-electron chi connectivity index (χ3n) is 3.25. The van der Waals surface area contributed by atoms with Crippen LogP contribution in [0, 0.1) is 13.8 Å². The summed E-state index contributed by atoms with van der Waals surface area (Å²) in [6, 6.07) is 6.74. The molecule has 0 atom stereocenters. The van der Waals surface area contributed by atoms with E-state index in [2.05, 4.69) is 10.3 Å². The van der Waals surface area contributed by atoms with E-state index in [-0.39, 0.29) is 5.56 Å². The maximum atomic E-state index is 11.0. The Morgan fingerprint density at radius 1 is 1.29 bits per heavy atom. The lowest BCUT2D eigenvalue weighted by Gasteiger charge is -2.00. The molecule has 1 N–H and O–H groups in total. The number of benzene rings is 1. The molecule has 0 saturated heterocycles. The molecular weight excluding hydrogens is 270 g/mol. The van der Waals surface area contributed by atoms with Crippen LogP contribution < -0.4 is 0 Å². The normalized spacial score (nSPS) is 10.8. The maximum absolute atomic E-state index is 11.0. The van der Waals surface area contributed by atoms with Gasteiger partial charge in [0, 0.05) is 11.8 Å². The number of carboxylic acids is 1. The Bertz CT molecular complexity index is 798. The Morgan fingerprint density at radius 2 is 2.10 bits per heavy atom. The quantitative estimate of drug-likeness (QED) is 0.799. The third kappa shape index (κ3) is 2.31. The molecular formula is C15H13N3O3. The predicted octanol–water partition coefficient (Wildman–Crippen LogP) is 2.84. The fourth-order valence-corrected chi connectivity index (χ4v) is 2.23. The van der Waals surface area contributed by atoms with Gasteiger partial charge in [-0.25, -0.2) is 9.48 Å². The lowest BCUT2D eigenvalue weighted by Crippen LogP contribution is -1.97. The molecule has 6 nitrogen and oxygen atoms in total. The molecule has 1 aromatic carbocycles. The van der Waals surface area contributed by atoms with Crippen LogP contribution in [0.25, 0.3) is 16.8 Å². The van der Waals surface area contributed by atoms with Crippen LogP contribution in [0.3, 0.4) is 0 Å². The Morgan fingerprint density at radius 3 is 2.76 bits per heavy atom. The number of nitrogens with zero attached hydrogens (tertiary/aromatic N) is 3. The number of carbonyl (C=O) groups is 1. The summed E-state index contributed by atoms with van der Waals surface area (Å²) >= 11 is 0. The van der Waals surface area contributed by atoms with E-state index in [9.17, 15) is 4.79 Å². The minimum absolute atomic E-state index is 0.248. The van der Waals surface area contributed by atoms with Gasteiger partial charge in [-0.2, -0.15) is 5.10 Å². The van der Waals surface area contributed by atoms with Gasteiger partial charge in [-0.05, 0) is 31.5 Å². The van der Waals surface area contributed by atoms with E-state index >= 15 is 0 Å². The Hall–Kier alpha value is -2.89. The molecule has 21 heavy (non-hydrogen) atoms. The predicted molar refractivity (Wildman–Crippen MR) is 75.5 cm³/mol. The van der Waals surface area contributed by atoms with Crippen LogP contribution in [-0.2, 0) is 0 Å². The van der Waals surface area contributed by atoms with E-state index in [0.717, 1.165) is 22.5 Å². The minimum atomic E-state index is -0.949. The number of aromatic nitrogens is 3. The van der Waals surface area contributed by atoms with E-state index in [0.29, 0.717) is 5.76 Å². The van der Waals surface area contributed by atoms with Crippen molar-refractivity contribution >= 4 is 5.97 Å². The van der Waals surface area contributed by atoms with Crippen LogP contribution in [0.5, 0.6) is 0 Å². The van der Waals surface area contributed by atoms with E-state index in [1.165, 1.54) is 0 Å². The average Bonchev–Trinajstić information content (AvgIpc) is 3.06. The topological polar surface area (TPSA) is 81.2 Å². The van der Waals surface area contributed by atoms with E-state index in [1.54, 1.807) is 29.1 Å². The van der Waals surface area contributed by atoms with Crippen molar-refractivity contribution < 1.29 is 14.4 Å². The van der Waals surface area contributed by atoms with Gasteiger partial charge in [0.05, 0.1) is 11.8 Å². The van der Waals surface area contributed by atoms with Crippen LogP contribution in [-0.4, -0.2) is 26.0 Å². The van der Waals surface area contributed by atoms with Crippen molar-refractivity contribution in [3.05, 3.63) is 53.7 Å². The highest BCUT2D eigenvalue weighted by Gasteiger charge is 2.13. The van der Waals surface area contributed by atoms with Gasteiger partial charge >= 0.3 is 5.97 Å². The van der Waals surface area contributed by atoms with E-state index < -0.39 is 5.97 Å². The molecule has 0 unspecified atom stereocenters. The Kier molecular flexibility index (Phi) is 3.06. The second kappa shape index (κ2) is 4.90. The van der Waals surface area contributed by atoms with Crippen LogP contribution >= 0.6 is 0 Å². The van der Waals surface area contributed by atoms with Gasteiger partial charge in [0.25, 0.3) is 0 Å². The SMILES string of the molecule is Cc1noc(C)c1-n1cc(-c2cccc(C(=O)O)c2)cn1. The molecule has 3 aromatic rings. The molecule has 0 aliphatic carbocycles. The number of hydrogen-bond donors (Lipinski definition) is 1. The number of carboxylic acid groups (broad SMARTS) is 1. The van der Waals surface area contributed by atoms with Crippen LogP contribution in [0.4, 0.5) is 0 Å². The second-order valence-corrected chi connectivity index (χ2v) is 4.73. The summed E-state index contributed by atoms with van der Waals surface area (Å²) in [5.74, 6) is -0.267. The molecule has 0 aliphatic rings. The lowest BCUT2D eigenvalue weighted by atomic mass is 10.1. The van der Waals surface area contributed by atoms with E-state index in [4.69, 9.17) is 9.63 Å².